The smallest absolute Gasteiger partial charge is 0.330 e. The Balaban J connectivity index is 2.09. The topological polar surface area (TPSA) is 58.6 Å². The molecule has 1 amide bonds. The van der Waals surface area contributed by atoms with E-state index in [9.17, 15) is 9.59 Å². The molecular weight excluding hydrogens is 268 g/mol. The summed E-state index contributed by atoms with van der Waals surface area (Å²) in [7, 11) is 0. The standard InChI is InChI=1S/C16H18N2O3/c1-2-21-16(20)14-12-17-10-11-18(14)15(19)9-8-13-6-4-3-5-7-13/h3-7,14,17H,2,10-12H2,1H3. The van der Waals surface area contributed by atoms with Crippen LogP contribution in [0.2, 0.25) is 0 Å². The van der Waals surface area contributed by atoms with Gasteiger partial charge in [-0.1, -0.05) is 24.1 Å². The Morgan fingerprint density at radius 1 is 1.38 bits per heavy atom. The Labute approximate surface area is 124 Å². The molecule has 0 saturated carbocycles. The van der Waals surface area contributed by atoms with Crippen LogP contribution in [0.1, 0.15) is 12.5 Å². The minimum Gasteiger partial charge on any atom is -0.464 e. The fourth-order valence-electron chi connectivity index (χ4n) is 2.12. The van der Waals surface area contributed by atoms with E-state index in [1.807, 2.05) is 30.3 Å². The first kappa shape index (κ1) is 15.1. The van der Waals surface area contributed by atoms with Crippen molar-refractivity contribution >= 4 is 11.9 Å². The molecule has 0 aromatic heterocycles. The highest BCUT2D eigenvalue weighted by Gasteiger charge is 2.32. The lowest BCUT2D eigenvalue weighted by Gasteiger charge is -2.33. The Bertz CT molecular complexity index is 560. The number of amides is 1. The zero-order valence-electron chi connectivity index (χ0n) is 12.0. The molecule has 21 heavy (non-hydrogen) atoms. The number of rotatable bonds is 2. The van der Waals surface area contributed by atoms with Crippen molar-refractivity contribution in [3.05, 3.63) is 35.9 Å². The second-order valence-electron chi connectivity index (χ2n) is 4.59. The molecule has 1 aliphatic heterocycles. The molecular formula is C16H18N2O3. The number of carbonyl (C=O) groups is 2. The maximum atomic E-state index is 12.2. The van der Waals surface area contributed by atoms with Gasteiger partial charge in [-0.25, -0.2) is 4.79 Å². The number of hydrogen-bond donors (Lipinski definition) is 1. The maximum Gasteiger partial charge on any atom is 0.330 e. The fourth-order valence-corrected chi connectivity index (χ4v) is 2.12. The van der Waals surface area contributed by atoms with Crippen LogP contribution in [0.5, 0.6) is 0 Å². The van der Waals surface area contributed by atoms with Crippen molar-refractivity contribution in [3.8, 4) is 11.8 Å². The predicted octanol–water partition coefficient (Wildman–Crippen LogP) is 0.402. The number of benzene rings is 1. The van der Waals surface area contributed by atoms with E-state index in [2.05, 4.69) is 17.2 Å². The third-order valence-corrected chi connectivity index (χ3v) is 3.15. The number of piperazine rings is 1. The summed E-state index contributed by atoms with van der Waals surface area (Å²) in [4.78, 5) is 25.6. The molecule has 1 fully saturated rings. The van der Waals surface area contributed by atoms with Crippen molar-refractivity contribution in [2.45, 2.75) is 13.0 Å². The van der Waals surface area contributed by atoms with Crippen LogP contribution in [0, 0.1) is 11.8 Å². The first-order valence-corrected chi connectivity index (χ1v) is 6.97. The molecule has 1 atom stereocenters. The highest BCUT2D eigenvalue weighted by molar-refractivity contribution is 5.97. The number of nitrogens with one attached hydrogen (secondary N) is 1. The number of carbonyl (C=O) groups excluding carboxylic acids is 2. The molecule has 1 saturated heterocycles. The molecule has 1 heterocycles. The predicted molar refractivity (Wildman–Crippen MR) is 78.3 cm³/mol. The Kier molecular flexibility index (Phi) is 5.35. The minimum absolute atomic E-state index is 0.299. The van der Waals surface area contributed by atoms with Crippen molar-refractivity contribution in [2.75, 3.05) is 26.2 Å². The third-order valence-electron chi connectivity index (χ3n) is 3.15. The van der Waals surface area contributed by atoms with E-state index in [-0.39, 0.29) is 11.9 Å². The SMILES string of the molecule is CCOC(=O)C1CNCCN1C(=O)C#Cc1ccccc1. The third kappa shape index (κ3) is 4.07. The van der Waals surface area contributed by atoms with Gasteiger partial charge in [-0.15, -0.1) is 0 Å². The monoisotopic (exact) mass is 286 g/mol. The molecule has 110 valence electrons. The molecule has 0 bridgehead atoms. The first-order valence-electron chi connectivity index (χ1n) is 6.97. The Morgan fingerprint density at radius 3 is 2.86 bits per heavy atom. The largest absolute Gasteiger partial charge is 0.464 e. The highest BCUT2D eigenvalue weighted by Crippen LogP contribution is 2.06. The van der Waals surface area contributed by atoms with E-state index in [0.717, 1.165) is 5.56 Å². The minimum atomic E-state index is -0.601. The maximum absolute atomic E-state index is 12.2. The number of esters is 1. The van der Waals surface area contributed by atoms with E-state index in [4.69, 9.17) is 4.74 Å². The molecule has 1 unspecified atom stereocenters. The van der Waals surface area contributed by atoms with Crippen molar-refractivity contribution in [1.82, 2.24) is 10.2 Å². The molecule has 0 spiro atoms. The Morgan fingerprint density at radius 2 is 2.14 bits per heavy atom. The molecule has 1 N–H and O–H groups in total. The van der Waals surface area contributed by atoms with Crippen LogP contribution in [0.4, 0.5) is 0 Å². The zero-order valence-corrected chi connectivity index (χ0v) is 12.0. The molecule has 5 nitrogen and oxygen atoms in total. The fraction of sp³-hybridized carbons (Fsp3) is 0.375. The van der Waals surface area contributed by atoms with Crippen molar-refractivity contribution in [1.29, 1.82) is 0 Å². The zero-order chi connectivity index (χ0) is 15.1. The van der Waals surface area contributed by atoms with Gasteiger partial charge in [-0.2, -0.15) is 0 Å². The van der Waals surface area contributed by atoms with Gasteiger partial charge in [0.25, 0.3) is 5.91 Å². The van der Waals surface area contributed by atoms with E-state index in [1.54, 1.807) is 6.92 Å². The van der Waals surface area contributed by atoms with Crippen LogP contribution in [0.25, 0.3) is 0 Å². The number of nitrogens with zero attached hydrogens (tertiary/aromatic N) is 1. The molecule has 1 aromatic carbocycles. The summed E-state index contributed by atoms with van der Waals surface area (Å²) in [5, 5.41) is 3.09. The molecule has 1 aliphatic rings. The molecule has 1 aromatic rings. The van der Waals surface area contributed by atoms with Crippen molar-refractivity contribution in [3.63, 3.8) is 0 Å². The lowest BCUT2D eigenvalue weighted by Crippen LogP contribution is -2.57. The van der Waals surface area contributed by atoms with Gasteiger partial charge < -0.3 is 15.0 Å². The van der Waals surface area contributed by atoms with Gasteiger partial charge in [0, 0.05) is 31.1 Å². The van der Waals surface area contributed by atoms with E-state index < -0.39 is 6.04 Å². The van der Waals surface area contributed by atoms with E-state index in [0.29, 0.717) is 26.2 Å². The van der Waals surface area contributed by atoms with Gasteiger partial charge in [-0.05, 0) is 19.1 Å². The van der Waals surface area contributed by atoms with Gasteiger partial charge in [0.1, 0.15) is 6.04 Å². The second-order valence-corrected chi connectivity index (χ2v) is 4.59. The molecule has 0 aliphatic carbocycles. The summed E-state index contributed by atoms with van der Waals surface area (Å²) >= 11 is 0. The number of hydrogen-bond acceptors (Lipinski definition) is 4. The summed E-state index contributed by atoms with van der Waals surface area (Å²) < 4.78 is 5.00. The van der Waals surface area contributed by atoms with Gasteiger partial charge >= 0.3 is 5.97 Å². The van der Waals surface area contributed by atoms with Gasteiger partial charge in [0.15, 0.2) is 0 Å². The average Bonchev–Trinajstić information content (AvgIpc) is 2.54. The highest BCUT2D eigenvalue weighted by atomic mass is 16.5. The summed E-state index contributed by atoms with van der Waals surface area (Å²) in [6, 6.07) is 8.68. The molecule has 5 heteroatoms. The Hall–Kier alpha value is -2.32. The van der Waals surface area contributed by atoms with Crippen molar-refractivity contribution < 1.29 is 14.3 Å². The second kappa shape index (κ2) is 7.46. The van der Waals surface area contributed by atoms with Crippen LogP contribution < -0.4 is 5.32 Å². The molecule has 0 radical (unpaired) electrons. The van der Waals surface area contributed by atoms with E-state index >= 15 is 0 Å². The van der Waals surface area contributed by atoms with Crippen LogP contribution in [0.15, 0.2) is 30.3 Å². The first-order chi connectivity index (χ1) is 10.2. The molecule has 2 rings (SSSR count). The van der Waals surface area contributed by atoms with Gasteiger partial charge in [0.05, 0.1) is 6.61 Å². The van der Waals surface area contributed by atoms with Crippen LogP contribution in [0.3, 0.4) is 0 Å². The summed E-state index contributed by atoms with van der Waals surface area (Å²) in [6.07, 6.45) is 0. The lowest BCUT2D eigenvalue weighted by molar-refractivity contribution is -0.154. The normalized spacial score (nSPS) is 17.6. The van der Waals surface area contributed by atoms with Crippen LogP contribution in [-0.2, 0) is 14.3 Å². The van der Waals surface area contributed by atoms with Gasteiger partial charge in [0.2, 0.25) is 0 Å². The summed E-state index contributed by atoms with van der Waals surface area (Å²) in [5.74, 6) is 4.68. The quantitative estimate of drug-likeness (QED) is 0.631. The van der Waals surface area contributed by atoms with Gasteiger partial charge in [-0.3, -0.25) is 4.79 Å². The average molecular weight is 286 g/mol. The van der Waals surface area contributed by atoms with Crippen molar-refractivity contribution in [2.24, 2.45) is 0 Å². The van der Waals surface area contributed by atoms with E-state index in [1.165, 1.54) is 4.90 Å². The lowest BCUT2D eigenvalue weighted by atomic mass is 10.2. The summed E-state index contributed by atoms with van der Waals surface area (Å²) in [5.41, 5.74) is 0.772. The number of ether oxygens (including phenoxy) is 1. The van der Waals surface area contributed by atoms with Crippen LogP contribution >= 0.6 is 0 Å². The van der Waals surface area contributed by atoms with Crippen LogP contribution in [-0.4, -0.2) is 49.1 Å². The summed E-state index contributed by atoms with van der Waals surface area (Å²) in [6.45, 7) is 3.54.